The zero-order valence-electron chi connectivity index (χ0n) is 10.4. The second-order valence-corrected chi connectivity index (χ2v) is 7.04. The minimum atomic E-state index is -3.59. The molecule has 1 saturated carbocycles. The summed E-state index contributed by atoms with van der Waals surface area (Å²) in [4.78, 5) is 2.21. The summed E-state index contributed by atoms with van der Waals surface area (Å²) >= 11 is 5.90. The van der Waals surface area contributed by atoms with Gasteiger partial charge in [-0.3, -0.25) is 0 Å². The number of nitrogens with zero attached hydrogens (tertiary/aromatic N) is 2. The molecule has 6 heteroatoms. The Hall–Kier alpha value is -1.07. The Morgan fingerprint density at radius 2 is 1.95 bits per heavy atom. The Labute approximate surface area is 118 Å². The molecule has 0 saturated heterocycles. The standard InChI is InChI=1S/C13H15ClN2O2S/c14-10-6-7-12-13(8-10)19(17,18)15-9-16(12)11-4-2-1-3-5-11/h6-9,11H,1-5H2. The lowest BCUT2D eigenvalue weighted by atomic mass is 9.94. The molecule has 0 atom stereocenters. The van der Waals surface area contributed by atoms with E-state index in [2.05, 4.69) is 4.40 Å². The summed E-state index contributed by atoms with van der Waals surface area (Å²) in [7, 11) is -3.59. The highest BCUT2D eigenvalue weighted by Gasteiger charge is 2.30. The van der Waals surface area contributed by atoms with E-state index in [9.17, 15) is 8.42 Å². The number of rotatable bonds is 1. The fraction of sp³-hybridized carbons (Fsp3) is 0.462. The van der Waals surface area contributed by atoms with Crippen LogP contribution in [0.5, 0.6) is 0 Å². The second-order valence-electron chi connectivity index (χ2n) is 5.01. The largest absolute Gasteiger partial charge is 0.327 e. The van der Waals surface area contributed by atoms with Gasteiger partial charge < -0.3 is 4.90 Å². The van der Waals surface area contributed by atoms with Crippen LogP contribution in [0.2, 0.25) is 5.02 Å². The van der Waals surface area contributed by atoms with Crippen molar-refractivity contribution in [3.05, 3.63) is 23.2 Å². The van der Waals surface area contributed by atoms with Gasteiger partial charge in [0.15, 0.2) is 0 Å². The summed E-state index contributed by atoms with van der Waals surface area (Å²) in [5, 5.41) is 0.419. The van der Waals surface area contributed by atoms with Crippen molar-refractivity contribution in [2.45, 2.75) is 43.0 Å². The van der Waals surface area contributed by atoms with Crippen LogP contribution >= 0.6 is 11.6 Å². The van der Waals surface area contributed by atoms with Gasteiger partial charge in [0.05, 0.1) is 5.69 Å². The first-order valence-corrected chi connectivity index (χ1v) is 8.28. The first kappa shape index (κ1) is 12.9. The molecule has 0 radical (unpaired) electrons. The van der Waals surface area contributed by atoms with Crippen molar-refractivity contribution in [3.63, 3.8) is 0 Å². The van der Waals surface area contributed by atoms with Gasteiger partial charge in [-0.05, 0) is 31.0 Å². The Balaban J connectivity index is 2.05. The third-order valence-electron chi connectivity index (χ3n) is 3.76. The van der Waals surface area contributed by atoms with Crippen molar-refractivity contribution in [3.8, 4) is 0 Å². The van der Waals surface area contributed by atoms with E-state index in [0.717, 1.165) is 12.8 Å². The number of hydrogen-bond donors (Lipinski definition) is 0. The molecule has 0 aromatic heterocycles. The monoisotopic (exact) mass is 298 g/mol. The predicted molar refractivity (Wildman–Crippen MR) is 76.5 cm³/mol. The minimum absolute atomic E-state index is 0.216. The lowest BCUT2D eigenvalue weighted by molar-refractivity contribution is 0.440. The molecular weight excluding hydrogens is 284 g/mol. The van der Waals surface area contributed by atoms with Gasteiger partial charge in [0, 0.05) is 11.1 Å². The van der Waals surface area contributed by atoms with Gasteiger partial charge in [-0.25, -0.2) is 0 Å². The average molecular weight is 299 g/mol. The quantitative estimate of drug-likeness (QED) is 0.800. The summed E-state index contributed by atoms with van der Waals surface area (Å²) in [6.07, 6.45) is 7.24. The minimum Gasteiger partial charge on any atom is -0.327 e. The number of anilines is 1. The van der Waals surface area contributed by atoms with Crippen LogP contribution in [0.4, 0.5) is 5.69 Å². The molecule has 1 aromatic carbocycles. The Morgan fingerprint density at radius 1 is 1.21 bits per heavy atom. The van der Waals surface area contributed by atoms with Crippen molar-refractivity contribution < 1.29 is 8.42 Å². The van der Waals surface area contributed by atoms with Gasteiger partial charge in [-0.2, -0.15) is 8.42 Å². The van der Waals surface area contributed by atoms with Crippen LogP contribution in [0.15, 0.2) is 27.5 Å². The smallest absolute Gasteiger partial charge is 0.285 e. The summed E-state index contributed by atoms with van der Waals surface area (Å²) in [6, 6.07) is 5.33. The Kier molecular flexibility index (Phi) is 3.27. The Morgan fingerprint density at radius 3 is 2.68 bits per heavy atom. The highest BCUT2D eigenvalue weighted by Crippen LogP contribution is 2.35. The third-order valence-corrected chi connectivity index (χ3v) is 5.25. The van der Waals surface area contributed by atoms with Gasteiger partial charge in [-0.15, -0.1) is 4.40 Å². The van der Waals surface area contributed by atoms with Crippen LogP contribution < -0.4 is 4.90 Å². The van der Waals surface area contributed by atoms with Crippen LogP contribution in [-0.4, -0.2) is 20.8 Å². The van der Waals surface area contributed by atoms with Gasteiger partial charge in [0.2, 0.25) is 0 Å². The van der Waals surface area contributed by atoms with Crippen molar-refractivity contribution in [2.75, 3.05) is 4.90 Å². The number of fused-ring (bicyclic) bond motifs is 1. The van der Waals surface area contributed by atoms with E-state index in [0.29, 0.717) is 16.8 Å². The van der Waals surface area contributed by atoms with E-state index in [4.69, 9.17) is 11.6 Å². The summed E-state index contributed by atoms with van der Waals surface area (Å²) < 4.78 is 27.7. The van der Waals surface area contributed by atoms with Gasteiger partial charge in [0.1, 0.15) is 11.2 Å². The molecule has 1 aliphatic heterocycles. The maximum Gasteiger partial charge on any atom is 0.285 e. The molecule has 1 fully saturated rings. The van der Waals surface area contributed by atoms with Crippen LogP contribution in [0.1, 0.15) is 32.1 Å². The Bertz CT molecular complexity index is 622. The molecule has 0 amide bonds. The van der Waals surface area contributed by atoms with E-state index in [1.165, 1.54) is 31.7 Å². The van der Waals surface area contributed by atoms with E-state index in [1.54, 1.807) is 12.1 Å². The molecule has 0 bridgehead atoms. The number of halogens is 1. The maximum atomic E-state index is 12.0. The highest BCUT2D eigenvalue weighted by atomic mass is 35.5. The second kappa shape index (κ2) is 4.80. The van der Waals surface area contributed by atoms with E-state index in [1.807, 2.05) is 4.90 Å². The van der Waals surface area contributed by atoms with Crippen molar-refractivity contribution >= 4 is 33.7 Å². The predicted octanol–water partition coefficient (Wildman–Crippen LogP) is 3.21. The molecular formula is C13H15ClN2O2S. The molecule has 1 aromatic rings. The molecule has 1 heterocycles. The molecule has 2 aliphatic rings. The molecule has 1 aliphatic carbocycles. The topological polar surface area (TPSA) is 49.7 Å². The fourth-order valence-corrected chi connectivity index (χ4v) is 4.08. The molecule has 102 valence electrons. The van der Waals surface area contributed by atoms with E-state index < -0.39 is 10.0 Å². The average Bonchev–Trinajstić information content (AvgIpc) is 2.41. The van der Waals surface area contributed by atoms with Crippen LogP contribution in [-0.2, 0) is 10.0 Å². The van der Waals surface area contributed by atoms with Crippen molar-refractivity contribution in [1.29, 1.82) is 0 Å². The molecule has 3 rings (SSSR count). The normalized spacial score (nSPS) is 22.3. The van der Waals surface area contributed by atoms with Gasteiger partial charge >= 0.3 is 0 Å². The first-order chi connectivity index (χ1) is 9.08. The fourth-order valence-electron chi connectivity index (χ4n) is 2.79. The number of hydrogen-bond acceptors (Lipinski definition) is 3. The van der Waals surface area contributed by atoms with Crippen LogP contribution in [0.25, 0.3) is 0 Å². The van der Waals surface area contributed by atoms with Crippen molar-refractivity contribution in [1.82, 2.24) is 0 Å². The lowest BCUT2D eigenvalue weighted by Gasteiger charge is -2.35. The molecule has 4 nitrogen and oxygen atoms in total. The summed E-state index contributed by atoms with van der Waals surface area (Å²) in [5.74, 6) is 0. The third kappa shape index (κ3) is 2.37. The SMILES string of the molecule is O=S1(=O)N=CN(C2CCCCC2)c2ccc(Cl)cc21. The van der Waals surface area contributed by atoms with Gasteiger partial charge in [0.25, 0.3) is 10.0 Å². The summed E-state index contributed by atoms with van der Waals surface area (Å²) in [6.45, 7) is 0. The molecule has 0 unspecified atom stereocenters. The maximum absolute atomic E-state index is 12.0. The molecule has 19 heavy (non-hydrogen) atoms. The zero-order chi connectivity index (χ0) is 13.5. The number of sulfonamides is 1. The molecule has 0 N–H and O–H groups in total. The van der Waals surface area contributed by atoms with Crippen LogP contribution in [0.3, 0.4) is 0 Å². The summed E-state index contributed by atoms with van der Waals surface area (Å²) in [5.41, 5.74) is 0.700. The van der Waals surface area contributed by atoms with Gasteiger partial charge in [-0.1, -0.05) is 30.9 Å². The number of benzene rings is 1. The van der Waals surface area contributed by atoms with Crippen LogP contribution in [0, 0.1) is 0 Å². The van der Waals surface area contributed by atoms with Crippen molar-refractivity contribution in [2.24, 2.45) is 4.40 Å². The molecule has 0 spiro atoms. The van der Waals surface area contributed by atoms with E-state index >= 15 is 0 Å². The first-order valence-electron chi connectivity index (χ1n) is 6.46. The lowest BCUT2D eigenvalue weighted by Crippen LogP contribution is -2.38. The highest BCUT2D eigenvalue weighted by molar-refractivity contribution is 7.90. The van der Waals surface area contributed by atoms with E-state index in [-0.39, 0.29) is 4.90 Å². The zero-order valence-corrected chi connectivity index (χ0v) is 12.0.